The normalized spacial score (nSPS) is 13.9. The zero-order valence-corrected chi connectivity index (χ0v) is 18.1. The molecule has 0 unspecified atom stereocenters. The fourth-order valence-corrected chi connectivity index (χ4v) is 2.95. The van der Waals surface area contributed by atoms with E-state index in [1.54, 1.807) is 6.07 Å². The molecule has 2 aromatic rings. The molecule has 12 heteroatoms. The third-order valence-electron chi connectivity index (χ3n) is 4.75. The Balaban J connectivity index is 0.000000509. The highest BCUT2D eigenvalue weighted by molar-refractivity contribution is 5.94. The van der Waals surface area contributed by atoms with Crippen molar-refractivity contribution < 1.29 is 41.4 Å². The van der Waals surface area contributed by atoms with Gasteiger partial charge in [-0.25, -0.2) is 13.6 Å². The molecule has 2 aromatic carbocycles. The SMILES string of the molecule is Cc1c(NC(=O)CNc2ccc(F)c(F)c2)cccc1OC1CCNCC1.O=C(O)C(F)(F)F. The number of ether oxygens (including phenoxy) is 1. The predicted octanol–water partition coefficient (Wildman–Crippen LogP) is 4.09. The lowest BCUT2D eigenvalue weighted by Crippen LogP contribution is -2.34. The Hall–Kier alpha value is -3.41. The van der Waals surface area contributed by atoms with E-state index in [9.17, 15) is 26.7 Å². The van der Waals surface area contributed by atoms with Gasteiger partial charge < -0.3 is 25.8 Å². The van der Waals surface area contributed by atoms with Gasteiger partial charge in [0, 0.05) is 23.0 Å². The molecule has 1 heterocycles. The van der Waals surface area contributed by atoms with E-state index in [0.29, 0.717) is 11.4 Å². The molecule has 1 fully saturated rings. The van der Waals surface area contributed by atoms with Crippen LogP contribution in [0.5, 0.6) is 5.75 Å². The number of alkyl halides is 3. The molecule has 0 spiro atoms. The summed E-state index contributed by atoms with van der Waals surface area (Å²) >= 11 is 0. The maximum absolute atomic E-state index is 13.2. The van der Waals surface area contributed by atoms with Crippen molar-refractivity contribution in [3.63, 3.8) is 0 Å². The summed E-state index contributed by atoms with van der Waals surface area (Å²) in [5.74, 6) is -4.17. The summed E-state index contributed by atoms with van der Waals surface area (Å²) in [6.07, 6.45) is -3.01. The van der Waals surface area contributed by atoms with Gasteiger partial charge >= 0.3 is 12.1 Å². The Bertz CT molecular complexity index is 995. The maximum Gasteiger partial charge on any atom is 0.490 e. The van der Waals surface area contributed by atoms with Crippen LogP contribution in [-0.4, -0.2) is 48.9 Å². The number of carbonyl (C=O) groups excluding carboxylic acids is 1. The van der Waals surface area contributed by atoms with Crippen molar-refractivity contribution in [3.8, 4) is 5.75 Å². The molecule has 3 rings (SSSR count). The van der Waals surface area contributed by atoms with Crippen LogP contribution in [0.25, 0.3) is 0 Å². The van der Waals surface area contributed by atoms with Crippen LogP contribution in [0.1, 0.15) is 18.4 Å². The number of aliphatic carboxylic acids is 1. The number of benzene rings is 2. The highest BCUT2D eigenvalue weighted by atomic mass is 19.4. The fraction of sp³-hybridized carbons (Fsp3) is 0.364. The van der Waals surface area contributed by atoms with Gasteiger partial charge in [-0.05, 0) is 57.1 Å². The van der Waals surface area contributed by atoms with E-state index in [4.69, 9.17) is 14.6 Å². The minimum absolute atomic E-state index is 0.0656. The van der Waals surface area contributed by atoms with Crippen molar-refractivity contribution in [1.29, 1.82) is 0 Å². The van der Waals surface area contributed by atoms with Crippen molar-refractivity contribution in [2.75, 3.05) is 30.3 Å². The quantitative estimate of drug-likeness (QED) is 0.457. The molecule has 4 N–H and O–H groups in total. The zero-order chi connectivity index (χ0) is 25.3. The fourth-order valence-electron chi connectivity index (χ4n) is 2.95. The average Bonchev–Trinajstić information content (AvgIpc) is 2.78. The number of hydrogen-bond donors (Lipinski definition) is 4. The Morgan fingerprint density at radius 2 is 1.76 bits per heavy atom. The van der Waals surface area contributed by atoms with Crippen LogP contribution in [0, 0.1) is 18.6 Å². The van der Waals surface area contributed by atoms with Gasteiger partial charge in [-0.3, -0.25) is 4.79 Å². The number of carboxylic acids is 1. The first-order chi connectivity index (χ1) is 16.0. The van der Waals surface area contributed by atoms with Crippen LogP contribution in [-0.2, 0) is 9.59 Å². The van der Waals surface area contributed by atoms with E-state index in [1.165, 1.54) is 6.07 Å². The molecule has 34 heavy (non-hydrogen) atoms. The number of anilines is 2. The third-order valence-corrected chi connectivity index (χ3v) is 4.75. The monoisotopic (exact) mass is 489 g/mol. The standard InChI is InChI=1S/C20H23F2N3O2.C2HF3O2/c1-13-18(3-2-4-19(13)27-15-7-9-23-10-8-15)25-20(26)12-24-14-5-6-16(21)17(22)11-14;3-2(4,5)1(6)7/h2-6,11,15,23-24H,7-10,12H2,1H3,(H,25,26);(H,6,7). The molecular formula is C22H24F5N3O4. The van der Waals surface area contributed by atoms with E-state index in [1.807, 2.05) is 19.1 Å². The highest BCUT2D eigenvalue weighted by Crippen LogP contribution is 2.27. The van der Waals surface area contributed by atoms with Crippen molar-refractivity contribution >= 4 is 23.3 Å². The van der Waals surface area contributed by atoms with E-state index in [0.717, 1.165) is 49.4 Å². The van der Waals surface area contributed by atoms with Gasteiger partial charge in [0.2, 0.25) is 5.91 Å². The van der Waals surface area contributed by atoms with Gasteiger partial charge in [0.15, 0.2) is 11.6 Å². The number of carboxylic acid groups (broad SMARTS) is 1. The minimum atomic E-state index is -5.08. The first kappa shape index (κ1) is 26.8. The van der Waals surface area contributed by atoms with Crippen LogP contribution >= 0.6 is 0 Å². The summed E-state index contributed by atoms with van der Waals surface area (Å²) in [5.41, 5.74) is 1.86. The molecule has 186 valence electrons. The molecule has 7 nitrogen and oxygen atoms in total. The molecule has 0 atom stereocenters. The predicted molar refractivity (Wildman–Crippen MR) is 115 cm³/mol. The first-order valence-corrected chi connectivity index (χ1v) is 10.2. The van der Waals surface area contributed by atoms with Crippen molar-refractivity contribution in [2.24, 2.45) is 0 Å². The summed E-state index contributed by atoms with van der Waals surface area (Å²) < 4.78 is 64.0. The number of piperidine rings is 1. The molecule has 1 amide bonds. The molecule has 1 saturated heterocycles. The topological polar surface area (TPSA) is 99.7 Å². The van der Waals surface area contributed by atoms with Crippen LogP contribution < -0.4 is 20.7 Å². The maximum atomic E-state index is 13.2. The summed E-state index contributed by atoms with van der Waals surface area (Å²) in [4.78, 5) is 21.1. The van der Waals surface area contributed by atoms with Gasteiger partial charge in [0.25, 0.3) is 0 Å². The smallest absolute Gasteiger partial charge is 0.490 e. The van der Waals surface area contributed by atoms with Gasteiger partial charge in [-0.2, -0.15) is 13.2 Å². The third kappa shape index (κ3) is 8.50. The number of hydrogen-bond acceptors (Lipinski definition) is 5. The van der Waals surface area contributed by atoms with Crippen LogP contribution in [0.3, 0.4) is 0 Å². The van der Waals surface area contributed by atoms with Gasteiger partial charge in [0.05, 0.1) is 6.54 Å². The van der Waals surface area contributed by atoms with E-state index in [2.05, 4.69) is 16.0 Å². The molecule has 0 saturated carbocycles. The van der Waals surface area contributed by atoms with Crippen LogP contribution in [0.2, 0.25) is 0 Å². The number of carbonyl (C=O) groups is 2. The van der Waals surface area contributed by atoms with E-state index in [-0.39, 0.29) is 18.6 Å². The molecule has 0 aliphatic carbocycles. The van der Waals surface area contributed by atoms with E-state index < -0.39 is 23.8 Å². The summed E-state index contributed by atoms with van der Waals surface area (Å²) in [7, 11) is 0. The lowest BCUT2D eigenvalue weighted by molar-refractivity contribution is -0.192. The molecule has 1 aliphatic heterocycles. The summed E-state index contributed by atoms with van der Waals surface area (Å²) in [5, 5.41) is 16.0. The highest BCUT2D eigenvalue weighted by Gasteiger charge is 2.38. The second-order valence-corrected chi connectivity index (χ2v) is 7.33. The minimum Gasteiger partial charge on any atom is -0.490 e. The van der Waals surface area contributed by atoms with E-state index >= 15 is 0 Å². The van der Waals surface area contributed by atoms with Crippen LogP contribution in [0.15, 0.2) is 36.4 Å². The van der Waals surface area contributed by atoms with Gasteiger partial charge in [0.1, 0.15) is 11.9 Å². The average molecular weight is 489 g/mol. The van der Waals surface area contributed by atoms with Gasteiger partial charge in [-0.15, -0.1) is 0 Å². The lowest BCUT2D eigenvalue weighted by atomic mass is 10.1. The number of nitrogens with one attached hydrogen (secondary N) is 3. The number of amides is 1. The Kier molecular flexibility index (Phi) is 9.60. The molecule has 0 radical (unpaired) electrons. The molecule has 0 aromatic heterocycles. The molecule has 1 aliphatic rings. The molecular weight excluding hydrogens is 465 g/mol. The number of halogens is 5. The largest absolute Gasteiger partial charge is 0.490 e. The first-order valence-electron chi connectivity index (χ1n) is 10.2. The second kappa shape index (κ2) is 12.2. The van der Waals surface area contributed by atoms with Crippen molar-refractivity contribution in [2.45, 2.75) is 32.0 Å². The lowest BCUT2D eigenvalue weighted by Gasteiger charge is -2.25. The number of rotatable bonds is 6. The summed E-state index contributed by atoms with van der Waals surface area (Å²) in [6.45, 7) is 3.71. The zero-order valence-electron chi connectivity index (χ0n) is 18.1. The van der Waals surface area contributed by atoms with Gasteiger partial charge in [-0.1, -0.05) is 6.07 Å². The Labute approximate surface area is 192 Å². The van der Waals surface area contributed by atoms with Crippen molar-refractivity contribution in [3.05, 3.63) is 53.6 Å². The Morgan fingerprint density at radius 3 is 2.35 bits per heavy atom. The van der Waals surface area contributed by atoms with Crippen molar-refractivity contribution in [1.82, 2.24) is 5.32 Å². The molecule has 0 bridgehead atoms. The Morgan fingerprint density at radius 1 is 1.12 bits per heavy atom. The summed E-state index contributed by atoms with van der Waals surface area (Å²) in [6, 6.07) is 8.95. The second-order valence-electron chi connectivity index (χ2n) is 7.33. The van der Waals surface area contributed by atoms with Crippen LogP contribution in [0.4, 0.5) is 33.3 Å².